The van der Waals surface area contributed by atoms with Crippen molar-refractivity contribution in [3.8, 4) is 0 Å². The van der Waals surface area contributed by atoms with E-state index in [9.17, 15) is 13.2 Å². The molecule has 1 aromatic heterocycles. The molecule has 7 heteroatoms. The largest absolute Gasteiger partial charge is 0.433 e. The maximum Gasteiger partial charge on any atom is 0.433 e. The molecule has 1 aliphatic rings. The normalized spacial score (nSPS) is 25.3. The highest BCUT2D eigenvalue weighted by Crippen LogP contribution is 2.28. The average Bonchev–Trinajstić information content (AvgIpc) is 2.31. The number of hydrogen-bond acceptors (Lipinski definition) is 4. The van der Waals surface area contributed by atoms with Gasteiger partial charge in [0.15, 0.2) is 0 Å². The summed E-state index contributed by atoms with van der Waals surface area (Å²) in [6.45, 7) is 5.22. The summed E-state index contributed by atoms with van der Waals surface area (Å²) >= 11 is 0. The monoisotopic (exact) mass is 260 g/mol. The lowest BCUT2D eigenvalue weighted by molar-refractivity contribution is -0.141. The Morgan fingerprint density at radius 2 is 2.11 bits per heavy atom. The van der Waals surface area contributed by atoms with Crippen molar-refractivity contribution in [3.63, 3.8) is 0 Å². The number of aromatic nitrogens is 2. The van der Waals surface area contributed by atoms with Crippen molar-refractivity contribution in [2.45, 2.75) is 32.1 Å². The van der Waals surface area contributed by atoms with Crippen LogP contribution in [-0.2, 0) is 6.18 Å². The first kappa shape index (κ1) is 13.1. The Hall–Kier alpha value is -1.37. The molecule has 4 nitrogen and oxygen atoms in total. The van der Waals surface area contributed by atoms with Gasteiger partial charge in [0.25, 0.3) is 0 Å². The number of piperazine rings is 1. The van der Waals surface area contributed by atoms with Crippen molar-refractivity contribution < 1.29 is 13.2 Å². The van der Waals surface area contributed by atoms with Crippen LogP contribution in [0, 0.1) is 0 Å². The van der Waals surface area contributed by atoms with Gasteiger partial charge < -0.3 is 10.2 Å². The lowest BCUT2D eigenvalue weighted by Crippen LogP contribution is -2.55. The Kier molecular flexibility index (Phi) is 3.43. The predicted octanol–water partition coefficient (Wildman–Crippen LogP) is 1.68. The summed E-state index contributed by atoms with van der Waals surface area (Å²) in [5.74, 6) is 0.144. The third-order valence-corrected chi connectivity index (χ3v) is 2.95. The summed E-state index contributed by atoms with van der Waals surface area (Å²) in [7, 11) is 0. The number of nitrogens with zero attached hydrogens (tertiary/aromatic N) is 3. The van der Waals surface area contributed by atoms with E-state index >= 15 is 0 Å². The summed E-state index contributed by atoms with van der Waals surface area (Å²) in [6.07, 6.45) is -3.27. The Morgan fingerprint density at radius 1 is 1.39 bits per heavy atom. The van der Waals surface area contributed by atoms with Crippen LogP contribution < -0.4 is 10.2 Å². The standard InChI is InChI=1S/C11H15F3N4/c1-7-6-18(8(2)5-16-7)10-15-4-3-9(17-10)11(12,13)14/h3-4,7-8,16H,5-6H2,1-2H3. The molecule has 18 heavy (non-hydrogen) atoms. The van der Waals surface area contributed by atoms with Crippen molar-refractivity contribution in [2.24, 2.45) is 0 Å². The first-order chi connectivity index (χ1) is 8.38. The molecule has 2 atom stereocenters. The molecule has 0 saturated carbocycles. The fraction of sp³-hybridized carbons (Fsp3) is 0.636. The zero-order valence-electron chi connectivity index (χ0n) is 10.2. The summed E-state index contributed by atoms with van der Waals surface area (Å²) in [5.41, 5.74) is -0.897. The van der Waals surface area contributed by atoms with Gasteiger partial charge in [0, 0.05) is 31.4 Å². The molecule has 2 unspecified atom stereocenters. The highest BCUT2D eigenvalue weighted by molar-refractivity contribution is 5.34. The van der Waals surface area contributed by atoms with E-state index in [0.29, 0.717) is 13.1 Å². The smallest absolute Gasteiger partial charge is 0.335 e. The van der Waals surface area contributed by atoms with Crippen molar-refractivity contribution in [2.75, 3.05) is 18.0 Å². The van der Waals surface area contributed by atoms with Crippen LogP contribution >= 0.6 is 0 Å². The van der Waals surface area contributed by atoms with Gasteiger partial charge in [-0.1, -0.05) is 0 Å². The molecular formula is C11H15F3N4. The first-order valence-corrected chi connectivity index (χ1v) is 5.78. The molecule has 0 amide bonds. The molecule has 2 heterocycles. The number of anilines is 1. The fourth-order valence-corrected chi connectivity index (χ4v) is 1.94. The zero-order chi connectivity index (χ0) is 13.3. The zero-order valence-corrected chi connectivity index (χ0v) is 10.2. The van der Waals surface area contributed by atoms with Crippen LogP contribution in [0.2, 0.25) is 0 Å². The molecule has 1 fully saturated rings. The van der Waals surface area contributed by atoms with E-state index in [-0.39, 0.29) is 18.0 Å². The minimum absolute atomic E-state index is 0.0738. The maximum absolute atomic E-state index is 12.6. The summed E-state index contributed by atoms with van der Waals surface area (Å²) < 4.78 is 37.8. The van der Waals surface area contributed by atoms with Gasteiger partial charge >= 0.3 is 6.18 Å². The Bertz CT molecular complexity index is 421. The molecule has 0 aromatic carbocycles. The molecule has 0 aliphatic carbocycles. The minimum Gasteiger partial charge on any atom is -0.335 e. The molecular weight excluding hydrogens is 245 g/mol. The first-order valence-electron chi connectivity index (χ1n) is 5.78. The number of halogens is 3. The van der Waals surface area contributed by atoms with E-state index in [4.69, 9.17) is 0 Å². The third kappa shape index (κ3) is 2.72. The van der Waals surface area contributed by atoms with Gasteiger partial charge in [-0.2, -0.15) is 13.2 Å². The lowest BCUT2D eigenvalue weighted by atomic mass is 10.1. The second-order valence-corrected chi connectivity index (χ2v) is 4.55. The highest BCUT2D eigenvalue weighted by Gasteiger charge is 2.34. The minimum atomic E-state index is -4.43. The SMILES string of the molecule is CC1CN(c2nccc(C(F)(F)F)n2)C(C)CN1. The van der Waals surface area contributed by atoms with Gasteiger partial charge in [-0.05, 0) is 19.9 Å². The van der Waals surface area contributed by atoms with E-state index in [2.05, 4.69) is 15.3 Å². The van der Waals surface area contributed by atoms with Gasteiger partial charge in [-0.15, -0.1) is 0 Å². The fourth-order valence-electron chi connectivity index (χ4n) is 1.94. The van der Waals surface area contributed by atoms with E-state index in [1.165, 1.54) is 0 Å². The van der Waals surface area contributed by atoms with Crippen molar-refractivity contribution >= 4 is 5.95 Å². The van der Waals surface area contributed by atoms with Crippen molar-refractivity contribution in [1.82, 2.24) is 15.3 Å². The molecule has 0 bridgehead atoms. The lowest BCUT2D eigenvalue weighted by Gasteiger charge is -2.37. The van der Waals surface area contributed by atoms with Crippen molar-refractivity contribution in [3.05, 3.63) is 18.0 Å². The van der Waals surface area contributed by atoms with Crippen LogP contribution in [0.4, 0.5) is 19.1 Å². The molecule has 1 N–H and O–H groups in total. The third-order valence-electron chi connectivity index (χ3n) is 2.95. The van der Waals surface area contributed by atoms with E-state index in [1.807, 2.05) is 13.8 Å². The molecule has 2 rings (SSSR count). The van der Waals surface area contributed by atoms with Crippen LogP contribution in [0.5, 0.6) is 0 Å². The topological polar surface area (TPSA) is 41.1 Å². The summed E-state index contributed by atoms with van der Waals surface area (Å²) in [6, 6.07) is 1.17. The second kappa shape index (κ2) is 4.72. The predicted molar refractivity (Wildman–Crippen MR) is 61.3 cm³/mol. The van der Waals surface area contributed by atoms with Gasteiger partial charge in [-0.25, -0.2) is 9.97 Å². The van der Waals surface area contributed by atoms with E-state index in [1.54, 1.807) is 4.90 Å². The van der Waals surface area contributed by atoms with Gasteiger partial charge in [0.2, 0.25) is 5.95 Å². The van der Waals surface area contributed by atoms with Crippen LogP contribution in [0.3, 0.4) is 0 Å². The second-order valence-electron chi connectivity index (χ2n) is 4.55. The van der Waals surface area contributed by atoms with Gasteiger partial charge in [0.05, 0.1) is 0 Å². The van der Waals surface area contributed by atoms with Crippen LogP contribution in [0.1, 0.15) is 19.5 Å². The number of alkyl halides is 3. The molecule has 0 spiro atoms. The Balaban J connectivity index is 2.27. The highest BCUT2D eigenvalue weighted by atomic mass is 19.4. The average molecular weight is 260 g/mol. The Labute approximate surface area is 103 Å². The van der Waals surface area contributed by atoms with Crippen LogP contribution in [-0.4, -0.2) is 35.1 Å². The van der Waals surface area contributed by atoms with E-state index < -0.39 is 11.9 Å². The summed E-state index contributed by atoms with van der Waals surface area (Å²) in [5, 5.41) is 3.26. The molecule has 1 saturated heterocycles. The van der Waals surface area contributed by atoms with Crippen LogP contribution in [0.25, 0.3) is 0 Å². The van der Waals surface area contributed by atoms with Crippen LogP contribution in [0.15, 0.2) is 12.3 Å². The number of nitrogens with one attached hydrogen (secondary N) is 1. The van der Waals surface area contributed by atoms with E-state index in [0.717, 1.165) is 12.3 Å². The number of hydrogen-bond donors (Lipinski definition) is 1. The number of rotatable bonds is 1. The molecule has 1 aliphatic heterocycles. The Morgan fingerprint density at radius 3 is 2.78 bits per heavy atom. The maximum atomic E-state index is 12.6. The van der Waals surface area contributed by atoms with Gasteiger partial charge in [0.1, 0.15) is 5.69 Å². The van der Waals surface area contributed by atoms with Gasteiger partial charge in [-0.3, -0.25) is 0 Å². The quantitative estimate of drug-likeness (QED) is 0.834. The molecule has 1 aromatic rings. The summed E-state index contributed by atoms with van der Waals surface area (Å²) in [4.78, 5) is 9.37. The molecule has 0 radical (unpaired) electrons. The van der Waals surface area contributed by atoms with Crippen molar-refractivity contribution in [1.29, 1.82) is 0 Å². The molecule has 100 valence electrons.